The van der Waals surface area contributed by atoms with Gasteiger partial charge in [-0.3, -0.25) is 21.3 Å². The molecule has 0 saturated carbocycles. The topological polar surface area (TPSA) is 82.6 Å². The van der Waals surface area contributed by atoms with Crippen LogP contribution in [0.25, 0.3) is 0 Å². The molecular weight excluding hydrogens is 403 g/mol. The third kappa shape index (κ3) is 6.26. The van der Waals surface area contributed by atoms with Gasteiger partial charge in [0.1, 0.15) is 12.6 Å². The lowest BCUT2D eigenvalue weighted by molar-refractivity contribution is 0.330. The molecule has 0 bridgehead atoms. The lowest BCUT2D eigenvalue weighted by Crippen LogP contribution is -2.43. The van der Waals surface area contributed by atoms with E-state index in [1.165, 1.54) is 15.9 Å². The molecule has 7 heteroatoms. The van der Waals surface area contributed by atoms with E-state index in [9.17, 15) is 0 Å². The number of hydrogen-bond acceptors (Lipinski definition) is 6. The first kappa shape index (κ1) is 23.2. The molecule has 3 rings (SSSR count). The monoisotopic (exact) mass is 436 g/mol. The summed E-state index contributed by atoms with van der Waals surface area (Å²) >= 11 is 0. The highest BCUT2D eigenvalue weighted by Gasteiger charge is 2.18. The highest BCUT2D eigenvalue weighted by atomic mass is 31.1. The third-order valence-corrected chi connectivity index (χ3v) is 7.37. The van der Waals surface area contributed by atoms with Gasteiger partial charge in [-0.1, -0.05) is 54.6 Å². The first-order chi connectivity index (χ1) is 14.8. The molecule has 3 aromatic carbocycles. The predicted molar refractivity (Wildman–Crippen MR) is 136 cm³/mol. The zero-order chi connectivity index (χ0) is 22.4. The maximum Gasteiger partial charge on any atom is 0.131 e. The van der Waals surface area contributed by atoms with Crippen LogP contribution >= 0.6 is 7.92 Å². The highest BCUT2D eigenvalue weighted by molar-refractivity contribution is 7.79. The van der Waals surface area contributed by atoms with Crippen LogP contribution in [0.3, 0.4) is 0 Å². The summed E-state index contributed by atoms with van der Waals surface area (Å²) in [7, 11) is 7.07. The van der Waals surface area contributed by atoms with Crippen LogP contribution in [-0.4, -0.2) is 50.6 Å². The van der Waals surface area contributed by atoms with Gasteiger partial charge >= 0.3 is 0 Å². The van der Waals surface area contributed by atoms with Crippen molar-refractivity contribution in [2.24, 2.45) is 11.5 Å². The first-order valence-electron chi connectivity index (χ1n) is 10.3. The van der Waals surface area contributed by atoms with E-state index < -0.39 is 7.92 Å². The fourth-order valence-electron chi connectivity index (χ4n) is 3.09. The molecule has 6 N–H and O–H groups in total. The van der Waals surface area contributed by atoms with Crippen molar-refractivity contribution in [3.05, 3.63) is 78.9 Å². The molecule has 0 saturated heterocycles. The second kappa shape index (κ2) is 10.7. The van der Waals surface area contributed by atoms with Crippen LogP contribution in [0.15, 0.2) is 78.9 Å². The van der Waals surface area contributed by atoms with Gasteiger partial charge in [-0.05, 0) is 76.3 Å². The van der Waals surface area contributed by atoms with E-state index in [-0.39, 0.29) is 12.6 Å². The number of anilines is 2. The van der Waals surface area contributed by atoms with Crippen LogP contribution in [-0.2, 0) is 0 Å². The van der Waals surface area contributed by atoms with Crippen molar-refractivity contribution >= 4 is 35.2 Å². The van der Waals surface area contributed by atoms with Crippen LogP contribution in [0.5, 0.6) is 0 Å². The average molecular weight is 437 g/mol. The molecule has 2 unspecified atom stereocenters. The standard InChI is InChI=1S/C24H33N6P/c1-29(2)23(25)27-18-10-8-14-21(16-18)31(20-12-6-5-7-13-20)22-15-9-11-19(17-22)28-24(26)30(3)4/h5-17,23-24,27-28H,25-26H2,1-4H3. The maximum atomic E-state index is 6.18. The lowest BCUT2D eigenvalue weighted by atomic mass is 10.3. The van der Waals surface area contributed by atoms with Crippen molar-refractivity contribution in [1.29, 1.82) is 0 Å². The van der Waals surface area contributed by atoms with E-state index in [1.807, 2.05) is 38.0 Å². The zero-order valence-corrected chi connectivity index (χ0v) is 19.6. The van der Waals surface area contributed by atoms with E-state index >= 15 is 0 Å². The van der Waals surface area contributed by atoms with E-state index in [0.717, 1.165) is 11.4 Å². The van der Waals surface area contributed by atoms with Crippen LogP contribution in [0.2, 0.25) is 0 Å². The van der Waals surface area contributed by atoms with Crippen molar-refractivity contribution in [2.75, 3.05) is 38.8 Å². The Hall–Kier alpha value is -2.47. The minimum atomic E-state index is -0.748. The summed E-state index contributed by atoms with van der Waals surface area (Å²) in [6.07, 6.45) is -0.503. The van der Waals surface area contributed by atoms with Crippen LogP contribution < -0.4 is 38.0 Å². The van der Waals surface area contributed by atoms with Crippen molar-refractivity contribution in [2.45, 2.75) is 12.6 Å². The zero-order valence-electron chi connectivity index (χ0n) is 18.7. The van der Waals surface area contributed by atoms with Gasteiger partial charge in [0.2, 0.25) is 0 Å². The Kier molecular flexibility index (Phi) is 8.02. The Morgan fingerprint density at radius 2 is 1.03 bits per heavy atom. The fraction of sp³-hybridized carbons (Fsp3) is 0.250. The van der Waals surface area contributed by atoms with Crippen LogP contribution in [0.4, 0.5) is 11.4 Å². The normalized spacial score (nSPS) is 14.3. The van der Waals surface area contributed by atoms with Gasteiger partial charge < -0.3 is 10.6 Å². The second-order valence-corrected chi connectivity index (χ2v) is 10.1. The van der Waals surface area contributed by atoms with Gasteiger partial charge in [0.05, 0.1) is 0 Å². The molecule has 31 heavy (non-hydrogen) atoms. The molecule has 0 aliphatic carbocycles. The molecule has 0 heterocycles. The Bertz CT molecular complexity index is 904. The summed E-state index contributed by atoms with van der Waals surface area (Å²) in [5, 5.41) is 10.5. The average Bonchev–Trinajstić information content (AvgIpc) is 2.75. The SMILES string of the molecule is CN(C)C(N)Nc1cccc(P(c2ccccc2)c2cccc(NC(N)N(C)C)c2)c1. The van der Waals surface area contributed by atoms with Gasteiger partial charge in [-0.15, -0.1) is 0 Å². The van der Waals surface area contributed by atoms with Gasteiger partial charge in [0.25, 0.3) is 0 Å². The Labute approximate surface area is 187 Å². The summed E-state index contributed by atoms with van der Waals surface area (Å²) in [5.74, 6) is 0. The minimum Gasteiger partial charge on any atom is -0.358 e. The van der Waals surface area contributed by atoms with Gasteiger partial charge in [-0.2, -0.15) is 0 Å². The number of hydrogen-bond donors (Lipinski definition) is 4. The summed E-state index contributed by atoms with van der Waals surface area (Å²) < 4.78 is 0. The van der Waals surface area contributed by atoms with E-state index in [0.29, 0.717) is 0 Å². The molecule has 0 radical (unpaired) electrons. The summed E-state index contributed by atoms with van der Waals surface area (Å²) in [6, 6.07) is 27.7. The third-order valence-electron chi connectivity index (χ3n) is 4.96. The van der Waals surface area contributed by atoms with Gasteiger partial charge in [0.15, 0.2) is 0 Å². The number of nitrogens with two attached hydrogens (primary N) is 2. The van der Waals surface area contributed by atoms with Crippen molar-refractivity contribution in [1.82, 2.24) is 9.80 Å². The summed E-state index contributed by atoms with van der Waals surface area (Å²) in [6.45, 7) is 0. The number of nitrogens with one attached hydrogen (secondary N) is 2. The molecule has 3 aromatic rings. The second-order valence-electron chi connectivity index (χ2n) is 7.88. The molecule has 0 amide bonds. The fourth-order valence-corrected chi connectivity index (χ4v) is 5.46. The molecule has 0 fully saturated rings. The molecular formula is C24H33N6P. The molecule has 0 aromatic heterocycles. The maximum absolute atomic E-state index is 6.18. The van der Waals surface area contributed by atoms with E-state index in [4.69, 9.17) is 11.5 Å². The predicted octanol–water partition coefficient (Wildman–Crippen LogP) is 1.88. The lowest BCUT2D eigenvalue weighted by Gasteiger charge is -2.25. The summed E-state index contributed by atoms with van der Waals surface area (Å²) in [5.41, 5.74) is 14.4. The Morgan fingerprint density at radius 1 is 0.613 bits per heavy atom. The summed E-state index contributed by atoms with van der Waals surface area (Å²) in [4.78, 5) is 3.88. The minimum absolute atomic E-state index is 0.252. The van der Waals surface area contributed by atoms with Crippen molar-refractivity contribution in [3.8, 4) is 0 Å². The van der Waals surface area contributed by atoms with E-state index in [1.54, 1.807) is 0 Å². The van der Waals surface area contributed by atoms with Crippen LogP contribution in [0, 0.1) is 0 Å². The largest absolute Gasteiger partial charge is 0.358 e. The first-order valence-corrected chi connectivity index (χ1v) is 11.6. The Balaban J connectivity index is 2.00. The molecule has 0 spiro atoms. The van der Waals surface area contributed by atoms with Gasteiger partial charge in [-0.25, -0.2) is 0 Å². The van der Waals surface area contributed by atoms with Crippen molar-refractivity contribution < 1.29 is 0 Å². The highest BCUT2D eigenvalue weighted by Crippen LogP contribution is 2.34. The number of rotatable bonds is 9. The van der Waals surface area contributed by atoms with E-state index in [2.05, 4.69) is 89.5 Å². The number of benzene rings is 3. The quantitative estimate of drug-likeness (QED) is 0.303. The van der Waals surface area contributed by atoms with Crippen molar-refractivity contribution in [3.63, 3.8) is 0 Å². The van der Waals surface area contributed by atoms with Crippen LogP contribution in [0.1, 0.15) is 0 Å². The smallest absolute Gasteiger partial charge is 0.131 e. The van der Waals surface area contributed by atoms with Gasteiger partial charge in [0, 0.05) is 11.4 Å². The molecule has 0 aliphatic heterocycles. The number of nitrogens with zero attached hydrogens (tertiary/aromatic N) is 2. The Morgan fingerprint density at radius 3 is 1.45 bits per heavy atom. The molecule has 0 aliphatic rings. The molecule has 2 atom stereocenters. The molecule has 6 nitrogen and oxygen atoms in total. The molecule has 164 valence electrons.